The first-order valence-corrected chi connectivity index (χ1v) is 13.8. The molecule has 0 unspecified atom stereocenters. The molecular formula is C27H33N7O3S. The summed E-state index contributed by atoms with van der Waals surface area (Å²) in [4.78, 5) is 28.2. The molecule has 10 nitrogen and oxygen atoms in total. The maximum absolute atomic E-state index is 13.0. The van der Waals surface area contributed by atoms with Gasteiger partial charge in [0.25, 0.3) is 5.69 Å². The van der Waals surface area contributed by atoms with Crippen molar-refractivity contribution in [1.29, 1.82) is 0 Å². The van der Waals surface area contributed by atoms with E-state index in [4.69, 9.17) is 0 Å². The molecule has 1 aliphatic heterocycles. The lowest BCUT2D eigenvalue weighted by Gasteiger charge is -2.36. The number of hydrogen-bond acceptors (Lipinski definition) is 8. The highest BCUT2D eigenvalue weighted by atomic mass is 32.2. The topological polar surface area (TPSA) is 110 Å². The molecule has 1 amide bonds. The van der Waals surface area contributed by atoms with Crippen molar-refractivity contribution < 1.29 is 9.72 Å². The van der Waals surface area contributed by atoms with Gasteiger partial charge in [0, 0.05) is 55.3 Å². The second-order valence-electron chi connectivity index (χ2n) is 9.16. The molecule has 1 aliphatic rings. The number of non-ortho nitro benzene ring substituents is 1. The van der Waals surface area contributed by atoms with Crippen molar-refractivity contribution in [1.82, 2.24) is 19.8 Å². The van der Waals surface area contributed by atoms with Gasteiger partial charge in [0.05, 0.1) is 17.1 Å². The summed E-state index contributed by atoms with van der Waals surface area (Å²) in [5.74, 6) is 1.39. The molecule has 1 fully saturated rings. The van der Waals surface area contributed by atoms with Crippen molar-refractivity contribution in [3.05, 3.63) is 75.6 Å². The molecule has 3 aromatic rings. The first-order valence-electron chi connectivity index (χ1n) is 12.9. The minimum atomic E-state index is -0.408. The normalized spacial score (nSPS) is 15.7. The van der Waals surface area contributed by atoms with Crippen LogP contribution in [0, 0.1) is 23.0 Å². The molecule has 200 valence electrons. The van der Waals surface area contributed by atoms with Crippen LogP contribution in [0.25, 0.3) is 0 Å². The quantitative estimate of drug-likeness (QED) is 0.159. The van der Waals surface area contributed by atoms with Crippen molar-refractivity contribution in [3.8, 4) is 0 Å². The number of aryl methyl sites for hydroxylation is 1. The molecular weight excluding hydrogens is 502 g/mol. The zero-order chi connectivity index (χ0) is 27.1. The standard InChI is InChI=1S/C27H33N7O3S/c1-4-31(5-2)26(35)22-12-9-15-32(18-22)25-14-13-24(34(36)37)16-23(25)17-28-33-20(3)29-30-27(33)38-19-21-10-7-6-8-11-21/h6-8,10-11,13-14,16-17,22H,4-5,9,12,15,18-19H2,1-3H3/b28-17-/t22-/m0/s1. The number of nitrogens with zero attached hydrogens (tertiary/aromatic N) is 7. The second kappa shape index (κ2) is 12.7. The second-order valence-corrected chi connectivity index (χ2v) is 10.1. The number of nitro groups is 1. The largest absolute Gasteiger partial charge is 0.370 e. The molecule has 0 aliphatic carbocycles. The minimum Gasteiger partial charge on any atom is -0.370 e. The van der Waals surface area contributed by atoms with E-state index in [1.807, 2.05) is 43.9 Å². The Balaban J connectivity index is 1.60. The molecule has 11 heteroatoms. The maximum Gasteiger partial charge on any atom is 0.270 e. The average Bonchev–Trinajstić information content (AvgIpc) is 3.30. The van der Waals surface area contributed by atoms with Gasteiger partial charge in [-0.1, -0.05) is 42.1 Å². The lowest BCUT2D eigenvalue weighted by molar-refractivity contribution is -0.384. The lowest BCUT2D eigenvalue weighted by Crippen LogP contribution is -2.45. The molecule has 0 N–H and O–H groups in total. The summed E-state index contributed by atoms with van der Waals surface area (Å²) in [6.07, 6.45) is 3.33. The van der Waals surface area contributed by atoms with Gasteiger partial charge >= 0.3 is 0 Å². The number of anilines is 1. The van der Waals surface area contributed by atoms with E-state index in [0.717, 1.165) is 30.6 Å². The summed E-state index contributed by atoms with van der Waals surface area (Å²) in [5, 5.41) is 25.3. The minimum absolute atomic E-state index is 0.0119. The molecule has 1 saturated heterocycles. The van der Waals surface area contributed by atoms with E-state index in [2.05, 4.69) is 32.3 Å². The third-order valence-corrected chi connectivity index (χ3v) is 7.69. The van der Waals surface area contributed by atoms with E-state index in [0.29, 0.717) is 41.9 Å². The molecule has 0 saturated carbocycles. The lowest BCUT2D eigenvalue weighted by atomic mass is 9.95. The van der Waals surface area contributed by atoms with Crippen LogP contribution in [-0.2, 0) is 10.5 Å². The summed E-state index contributed by atoms with van der Waals surface area (Å²) >= 11 is 1.52. The smallest absolute Gasteiger partial charge is 0.270 e. The molecule has 2 heterocycles. The molecule has 4 rings (SSSR count). The maximum atomic E-state index is 13.0. The first kappa shape index (κ1) is 27.3. The highest BCUT2D eigenvalue weighted by Crippen LogP contribution is 2.30. The highest BCUT2D eigenvalue weighted by molar-refractivity contribution is 7.98. The molecule has 2 aromatic carbocycles. The van der Waals surface area contributed by atoms with E-state index in [9.17, 15) is 14.9 Å². The number of nitro benzene ring substituents is 1. The molecule has 0 spiro atoms. The van der Waals surface area contributed by atoms with E-state index < -0.39 is 4.92 Å². The fourth-order valence-electron chi connectivity index (χ4n) is 4.64. The van der Waals surface area contributed by atoms with Gasteiger partial charge < -0.3 is 9.80 Å². The van der Waals surface area contributed by atoms with E-state index in [1.54, 1.807) is 17.0 Å². The van der Waals surface area contributed by atoms with Crippen LogP contribution < -0.4 is 4.90 Å². The Bertz CT molecular complexity index is 1290. The van der Waals surface area contributed by atoms with Crippen LogP contribution in [0.1, 0.15) is 43.6 Å². The third-order valence-electron chi connectivity index (χ3n) is 6.70. The van der Waals surface area contributed by atoms with Gasteiger partial charge in [-0.15, -0.1) is 10.2 Å². The molecule has 0 bridgehead atoms. The zero-order valence-corrected chi connectivity index (χ0v) is 22.8. The van der Waals surface area contributed by atoms with Gasteiger partial charge in [-0.25, -0.2) is 0 Å². The monoisotopic (exact) mass is 535 g/mol. The van der Waals surface area contributed by atoms with E-state index in [1.165, 1.54) is 23.9 Å². The Morgan fingerprint density at radius 3 is 2.68 bits per heavy atom. The summed E-state index contributed by atoms with van der Waals surface area (Å²) < 4.78 is 1.65. The number of carbonyl (C=O) groups excluding carboxylic acids is 1. The van der Waals surface area contributed by atoms with E-state index in [-0.39, 0.29) is 17.5 Å². The zero-order valence-electron chi connectivity index (χ0n) is 22.0. The highest BCUT2D eigenvalue weighted by Gasteiger charge is 2.29. The van der Waals surface area contributed by atoms with E-state index >= 15 is 0 Å². The SMILES string of the molecule is CCN(CC)C(=O)[C@H]1CCCN(c2ccc([N+](=O)[O-])cc2/C=N\n2c(C)nnc2SCc2ccccc2)C1. The number of carbonyl (C=O) groups is 1. The molecule has 1 atom stereocenters. The molecule has 38 heavy (non-hydrogen) atoms. The summed E-state index contributed by atoms with van der Waals surface area (Å²) in [7, 11) is 0. The van der Waals surface area contributed by atoms with Gasteiger partial charge in [-0.05, 0) is 45.2 Å². The van der Waals surface area contributed by atoms with Crippen LogP contribution in [0.4, 0.5) is 11.4 Å². The van der Waals surface area contributed by atoms with Crippen LogP contribution in [0.2, 0.25) is 0 Å². The van der Waals surface area contributed by atoms with Crippen LogP contribution in [0.5, 0.6) is 0 Å². The van der Waals surface area contributed by atoms with Gasteiger partial charge in [0.2, 0.25) is 11.1 Å². The van der Waals surface area contributed by atoms with Crippen molar-refractivity contribution in [2.45, 2.75) is 44.5 Å². The van der Waals surface area contributed by atoms with Gasteiger partial charge in [0.1, 0.15) is 0 Å². The van der Waals surface area contributed by atoms with Crippen molar-refractivity contribution in [2.24, 2.45) is 11.0 Å². The van der Waals surface area contributed by atoms with Crippen molar-refractivity contribution in [3.63, 3.8) is 0 Å². The van der Waals surface area contributed by atoms with Crippen LogP contribution >= 0.6 is 11.8 Å². The Labute approximate surface area is 226 Å². The number of amides is 1. The average molecular weight is 536 g/mol. The van der Waals surface area contributed by atoms with Crippen molar-refractivity contribution in [2.75, 3.05) is 31.1 Å². The summed E-state index contributed by atoms with van der Waals surface area (Å²) in [5.41, 5.74) is 2.58. The Morgan fingerprint density at radius 1 is 1.21 bits per heavy atom. The van der Waals surface area contributed by atoms with Gasteiger partial charge in [-0.2, -0.15) is 9.78 Å². The number of aromatic nitrogens is 3. The van der Waals surface area contributed by atoms with Crippen LogP contribution in [0.3, 0.4) is 0 Å². The fourth-order valence-corrected chi connectivity index (χ4v) is 5.53. The molecule has 0 radical (unpaired) electrons. The van der Waals surface area contributed by atoms with Crippen LogP contribution in [-0.4, -0.2) is 63.0 Å². The van der Waals surface area contributed by atoms with Gasteiger partial charge in [0.15, 0.2) is 5.82 Å². The number of hydrogen-bond donors (Lipinski definition) is 0. The van der Waals surface area contributed by atoms with Crippen LogP contribution in [0.15, 0.2) is 58.8 Å². The Hall–Kier alpha value is -3.73. The Morgan fingerprint density at radius 2 is 1.97 bits per heavy atom. The summed E-state index contributed by atoms with van der Waals surface area (Å²) in [6, 6.07) is 14.9. The predicted octanol–water partition coefficient (Wildman–Crippen LogP) is 4.75. The first-order chi connectivity index (χ1) is 18.4. The van der Waals surface area contributed by atoms with Crippen molar-refractivity contribution >= 4 is 35.3 Å². The molecule has 1 aromatic heterocycles. The number of rotatable bonds is 10. The Kier molecular flexibility index (Phi) is 9.11. The number of thioether (sulfide) groups is 1. The fraction of sp³-hybridized carbons (Fsp3) is 0.407. The number of piperidine rings is 1. The third kappa shape index (κ3) is 6.39. The number of benzene rings is 2. The van der Waals surface area contributed by atoms with Gasteiger partial charge in [-0.3, -0.25) is 14.9 Å². The summed E-state index contributed by atoms with van der Waals surface area (Å²) in [6.45, 7) is 8.51. The predicted molar refractivity (Wildman–Crippen MR) is 150 cm³/mol.